The Balaban J connectivity index is 0.00000256. The summed E-state index contributed by atoms with van der Waals surface area (Å²) in [4.78, 5) is 0. The Kier molecular flexibility index (Phi) is 7.03. The van der Waals surface area contributed by atoms with E-state index in [4.69, 9.17) is 16.2 Å². The van der Waals surface area contributed by atoms with E-state index in [1.54, 1.807) is 18.2 Å². The van der Waals surface area contributed by atoms with Crippen molar-refractivity contribution < 1.29 is 13.5 Å². The van der Waals surface area contributed by atoms with Gasteiger partial charge in [0.05, 0.1) is 0 Å². The van der Waals surface area contributed by atoms with Crippen LogP contribution < -0.4 is 16.2 Å². The van der Waals surface area contributed by atoms with Crippen molar-refractivity contribution in [2.45, 2.75) is 25.9 Å². The molecule has 17 heavy (non-hydrogen) atoms. The number of benzene rings is 1. The van der Waals surface area contributed by atoms with Crippen LogP contribution in [0.3, 0.4) is 0 Å². The highest BCUT2D eigenvalue weighted by Gasteiger charge is 2.08. The predicted octanol–water partition coefficient (Wildman–Crippen LogP) is 2.23. The Hall–Kier alpha value is -0.910. The van der Waals surface area contributed by atoms with Gasteiger partial charge in [0, 0.05) is 12.6 Å². The highest BCUT2D eigenvalue weighted by Crippen LogP contribution is 2.22. The van der Waals surface area contributed by atoms with Gasteiger partial charge < -0.3 is 16.2 Å². The molecule has 98 valence electrons. The summed E-state index contributed by atoms with van der Waals surface area (Å²) < 4.78 is 28.8. The van der Waals surface area contributed by atoms with Crippen molar-refractivity contribution in [3.63, 3.8) is 0 Å². The van der Waals surface area contributed by atoms with E-state index in [0.717, 1.165) is 11.1 Å². The van der Waals surface area contributed by atoms with Gasteiger partial charge in [-0.25, -0.2) is 8.78 Å². The third-order valence-electron chi connectivity index (χ3n) is 2.20. The van der Waals surface area contributed by atoms with Gasteiger partial charge >= 0.3 is 0 Å². The number of nitrogens with two attached hydrogens (primary N) is 2. The summed E-state index contributed by atoms with van der Waals surface area (Å²) in [5.41, 5.74) is 13.0. The topological polar surface area (TPSA) is 61.3 Å². The lowest BCUT2D eigenvalue weighted by atomic mass is 10.0. The first kappa shape index (κ1) is 16.1. The van der Waals surface area contributed by atoms with Gasteiger partial charge in [-0.15, -0.1) is 12.4 Å². The number of hydrogen-bond donors (Lipinski definition) is 2. The van der Waals surface area contributed by atoms with Crippen molar-refractivity contribution in [1.29, 1.82) is 0 Å². The molecule has 0 radical (unpaired) electrons. The standard InChI is InChI=1S/C11H16F2N2O.ClH/c1-7(15)10-3-2-9(4-8(10)5-14)16-6-11(12)13;/h2-4,7,11H,5-6,14-15H2,1H3;1H. The molecule has 1 aromatic rings. The molecule has 0 saturated carbocycles. The lowest BCUT2D eigenvalue weighted by Crippen LogP contribution is -2.12. The fraction of sp³-hybridized carbons (Fsp3) is 0.455. The molecule has 0 spiro atoms. The van der Waals surface area contributed by atoms with Crippen molar-refractivity contribution in [3.05, 3.63) is 29.3 Å². The smallest absolute Gasteiger partial charge is 0.272 e. The molecule has 4 N–H and O–H groups in total. The second-order valence-corrected chi connectivity index (χ2v) is 3.56. The Morgan fingerprint density at radius 3 is 2.47 bits per heavy atom. The van der Waals surface area contributed by atoms with Crippen LogP contribution in [0.4, 0.5) is 8.78 Å². The van der Waals surface area contributed by atoms with Crippen LogP contribution in [0.5, 0.6) is 5.75 Å². The second kappa shape index (κ2) is 7.42. The van der Waals surface area contributed by atoms with Crippen LogP contribution in [0.1, 0.15) is 24.1 Å². The summed E-state index contributed by atoms with van der Waals surface area (Å²) >= 11 is 0. The molecule has 0 heterocycles. The lowest BCUT2D eigenvalue weighted by Gasteiger charge is -2.13. The van der Waals surface area contributed by atoms with Crippen molar-refractivity contribution >= 4 is 12.4 Å². The summed E-state index contributed by atoms with van der Waals surface area (Å²) in [5.74, 6) is 0.394. The number of ether oxygens (including phenoxy) is 1. The summed E-state index contributed by atoms with van der Waals surface area (Å²) in [7, 11) is 0. The van der Waals surface area contributed by atoms with E-state index in [0.29, 0.717) is 12.3 Å². The molecule has 1 rings (SSSR count). The molecule has 0 fully saturated rings. The van der Waals surface area contributed by atoms with E-state index in [-0.39, 0.29) is 18.4 Å². The van der Waals surface area contributed by atoms with Crippen LogP contribution >= 0.6 is 12.4 Å². The lowest BCUT2D eigenvalue weighted by molar-refractivity contribution is 0.0818. The fourth-order valence-electron chi connectivity index (χ4n) is 1.45. The SMILES string of the molecule is CC(N)c1ccc(OCC(F)F)cc1CN.Cl. The number of hydrogen-bond acceptors (Lipinski definition) is 3. The van der Waals surface area contributed by atoms with E-state index in [9.17, 15) is 8.78 Å². The average Bonchev–Trinajstić information content (AvgIpc) is 2.25. The number of rotatable bonds is 5. The Labute approximate surface area is 106 Å². The van der Waals surface area contributed by atoms with Crippen molar-refractivity contribution in [1.82, 2.24) is 0 Å². The first-order valence-corrected chi connectivity index (χ1v) is 5.04. The minimum Gasteiger partial charge on any atom is -0.488 e. The summed E-state index contributed by atoms with van der Waals surface area (Å²) in [6.45, 7) is 1.54. The fourth-order valence-corrected chi connectivity index (χ4v) is 1.45. The first-order chi connectivity index (χ1) is 7.54. The monoisotopic (exact) mass is 266 g/mol. The van der Waals surface area contributed by atoms with E-state index < -0.39 is 13.0 Å². The summed E-state index contributed by atoms with van der Waals surface area (Å²) in [6, 6.07) is 4.90. The van der Waals surface area contributed by atoms with Gasteiger partial charge in [-0.2, -0.15) is 0 Å². The molecule has 0 aromatic heterocycles. The maximum absolute atomic E-state index is 11.9. The van der Waals surface area contributed by atoms with Gasteiger partial charge in [0.15, 0.2) is 0 Å². The zero-order valence-electron chi connectivity index (χ0n) is 9.53. The van der Waals surface area contributed by atoms with E-state index in [1.807, 2.05) is 6.92 Å². The number of halogens is 3. The van der Waals surface area contributed by atoms with E-state index >= 15 is 0 Å². The van der Waals surface area contributed by atoms with Gasteiger partial charge in [-0.1, -0.05) is 6.07 Å². The Morgan fingerprint density at radius 2 is 2.00 bits per heavy atom. The van der Waals surface area contributed by atoms with Gasteiger partial charge in [-0.05, 0) is 30.2 Å². The van der Waals surface area contributed by atoms with Gasteiger partial charge in [0.1, 0.15) is 12.4 Å². The Morgan fingerprint density at radius 1 is 1.35 bits per heavy atom. The molecule has 1 atom stereocenters. The summed E-state index contributed by atoms with van der Waals surface area (Å²) in [6.07, 6.45) is -2.48. The van der Waals surface area contributed by atoms with Crippen LogP contribution in [-0.4, -0.2) is 13.0 Å². The van der Waals surface area contributed by atoms with Gasteiger partial charge in [0.2, 0.25) is 0 Å². The predicted molar refractivity (Wildman–Crippen MR) is 65.7 cm³/mol. The molecule has 0 bridgehead atoms. The molecule has 3 nitrogen and oxygen atoms in total. The molecular formula is C11H17ClF2N2O. The maximum Gasteiger partial charge on any atom is 0.272 e. The van der Waals surface area contributed by atoms with Crippen LogP contribution in [-0.2, 0) is 6.54 Å². The molecule has 0 aliphatic heterocycles. The minimum atomic E-state index is -2.48. The zero-order valence-corrected chi connectivity index (χ0v) is 10.3. The van der Waals surface area contributed by atoms with Crippen LogP contribution in [0.25, 0.3) is 0 Å². The molecular weight excluding hydrogens is 250 g/mol. The van der Waals surface area contributed by atoms with Crippen LogP contribution in [0, 0.1) is 0 Å². The molecule has 0 amide bonds. The third-order valence-corrected chi connectivity index (χ3v) is 2.20. The molecule has 1 aromatic carbocycles. The first-order valence-electron chi connectivity index (χ1n) is 5.04. The highest BCUT2D eigenvalue weighted by molar-refractivity contribution is 5.85. The summed E-state index contributed by atoms with van der Waals surface area (Å²) in [5, 5.41) is 0. The molecule has 0 aliphatic rings. The number of alkyl halides is 2. The van der Waals surface area contributed by atoms with Gasteiger partial charge in [-0.3, -0.25) is 0 Å². The van der Waals surface area contributed by atoms with Crippen LogP contribution in [0.2, 0.25) is 0 Å². The van der Waals surface area contributed by atoms with Crippen LogP contribution in [0.15, 0.2) is 18.2 Å². The van der Waals surface area contributed by atoms with E-state index in [2.05, 4.69) is 0 Å². The highest BCUT2D eigenvalue weighted by atomic mass is 35.5. The van der Waals surface area contributed by atoms with E-state index in [1.165, 1.54) is 0 Å². The third kappa shape index (κ3) is 4.85. The zero-order chi connectivity index (χ0) is 12.1. The normalized spacial score (nSPS) is 12.1. The van der Waals surface area contributed by atoms with Crippen molar-refractivity contribution in [3.8, 4) is 5.75 Å². The largest absolute Gasteiger partial charge is 0.488 e. The van der Waals surface area contributed by atoms with Gasteiger partial charge in [0.25, 0.3) is 6.43 Å². The molecule has 6 heteroatoms. The second-order valence-electron chi connectivity index (χ2n) is 3.56. The Bertz CT molecular complexity index is 348. The quantitative estimate of drug-likeness (QED) is 0.859. The molecule has 0 aliphatic carbocycles. The van der Waals surface area contributed by atoms with Crippen molar-refractivity contribution in [2.75, 3.05) is 6.61 Å². The average molecular weight is 267 g/mol. The molecule has 0 saturated heterocycles. The molecule has 1 unspecified atom stereocenters. The minimum absolute atomic E-state index is 0. The maximum atomic E-state index is 11.9. The van der Waals surface area contributed by atoms with Crippen molar-refractivity contribution in [2.24, 2.45) is 11.5 Å².